The first kappa shape index (κ1) is 37.2. The van der Waals surface area contributed by atoms with Crippen molar-refractivity contribution in [1.29, 1.82) is 0 Å². The van der Waals surface area contributed by atoms with Crippen LogP contribution in [0.4, 0.5) is 0 Å². The van der Waals surface area contributed by atoms with Crippen LogP contribution >= 0.6 is 0 Å². The summed E-state index contributed by atoms with van der Waals surface area (Å²) in [6.45, 7) is 3.16. The van der Waals surface area contributed by atoms with Crippen molar-refractivity contribution in [3.63, 3.8) is 0 Å². The number of rotatable bonds is 10. The normalized spacial score (nSPS) is 28.1. The predicted molar refractivity (Wildman–Crippen MR) is 189 cm³/mol. The molecule has 3 fully saturated rings. The molecule has 0 amide bonds. The maximum Gasteiger partial charge on any atom is 0.306 e. The molecule has 1 aromatic heterocycles. The summed E-state index contributed by atoms with van der Waals surface area (Å²) in [4.78, 5) is 17.9. The number of nitrogens with zero attached hydrogens (tertiary/aromatic N) is 2. The van der Waals surface area contributed by atoms with E-state index in [1.165, 1.54) is 10.5 Å². The average molecular weight is 739 g/mol. The summed E-state index contributed by atoms with van der Waals surface area (Å²) in [7, 11) is -4.13. The van der Waals surface area contributed by atoms with Gasteiger partial charge in [0, 0.05) is 48.9 Å². The van der Waals surface area contributed by atoms with Crippen molar-refractivity contribution in [1.82, 2.24) is 9.29 Å². The van der Waals surface area contributed by atoms with Crippen molar-refractivity contribution in [3.8, 4) is 11.3 Å². The van der Waals surface area contributed by atoms with Gasteiger partial charge in [-0.1, -0.05) is 49.6 Å². The van der Waals surface area contributed by atoms with Crippen molar-refractivity contribution in [3.05, 3.63) is 71.7 Å². The summed E-state index contributed by atoms with van der Waals surface area (Å²) in [5.41, 5.74) is 2.00. The third kappa shape index (κ3) is 8.30. The van der Waals surface area contributed by atoms with Crippen molar-refractivity contribution in [2.24, 2.45) is 23.7 Å². The molecule has 2 aromatic carbocycles. The Bertz CT molecular complexity index is 1770. The van der Waals surface area contributed by atoms with E-state index in [9.17, 15) is 23.4 Å². The zero-order valence-electron chi connectivity index (χ0n) is 29.7. The standard InChI is InChI=1S/C39H50N2O10S/c1-25(42)38-40-20-34(50-38)27-12-13-35-29(17-27)22-47-15-9-4-2-3-8-14-41(52(35,45)46)21-33(43)28(16-26-10-6-5-7-11-26)19-36(44)51-37-30-18-31-32(37)24-49-39(31)48-23-30/h5-7,10-13,17,20,25,28,30-33,37,39,42-43H,2-4,8-9,14-16,18-19,21-24H2,1H3/t25-,28-,30?,31?,32-,33-,37+,39+/m1/s1. The Morgan fingerprint density at radius 3 is 2.62 bits per heavy atom. The molecule has 4 aliphatic rings. The summed E-state index contributed by atoms with van der Waals surface area (Å²) in [6.07, 6.45) is 4.40. The van der Waals surface area contributed by atoms with Gasteiger partial charge in [-0.3, -0.25) is 4.79 Å². The number of carbonyl (C=O) groups is 1. The summed E-state index contributed by atoms with van der Waals surface area (Å²) in [5.74, 6) is 0.0159. The zero-order chi connectivity index (χ0) is 36.2. The van der Waals surface area contributed by atoms with Crippen LogP contribution in [-0.4, -0.2) is 85.3 Å². The van der Waals surface area contributed by atoms with Crippen LogP contribution < -0.4 is 0 Å². The average Bonchev–Trinajstić information content (AvgIpc) is 3.86. The zero-order valence-corrected chi connectivity index (χ0v) is 30.5. The second kappa shape index (κ2) is 16.5. The number of aromatic nitrogens is 1. The number of carbonyl (C=O) groups excluding carboxylic acids is 1. The number of fused-ring (bicyclic) bond motifs is 2. The van der Waals surface area contributed by atoms with Crippen molar-refractivity contribution in [2.45, 2.75) is 94.4 Å². The lowest BCUT2D eigenvalue weighted by atomic mass is 9.90. The first-order chi connectivity index (χ1) is 25.2. The molecule has 8 atom stereocenters. The highest BCUT2D eigenvalue weighted by Gasteiger charge is 2.56. The summed E-state index contributed by atoms with van der Waals surface area (Å²) < 4.78 is 60.1. The summed E-state index contributed by atoms with van der Waals surface area (Å²) in [5, 5.41) is 21.8. The Kier molecular flexibility index (Phi) is 11.8. The van der Waals surface area contributed by atoms with Crippen molar-refractivity contribution < 1.29 is 46.8 Å². The Labute approximate surface area is 305 Å². The molecular formula is C39H50N2O10S. The van der Waals surface area contributed by atoms with E-state index in [2.05, 4.69) is 4.98 Å². The molecule has 12 nitrogen and oxygen atoms in total. The fourth-order valence-electron chi connectivity index (χ4n) is 8.25. The molecular weight excluding hydrogens is 689 g/mol. The SMILES string of the molecule is C[C@@H](O)c1ncc(-c2ccc3c(c2)COCCCCCCCN(C[C@@H](O)[C@@H](CC(=O)O[C@H]2C4CO[C@H]5OC[C@@H]2C5C4)Cc2ccccc2)S3(=O)=O)o1. The predicted octanol–water partition coefficient (Wildman–Crippen LogP) is 5.03. The maximum atomic E-state index is 14.6. The van der Waals surface area contributed by atoms with Gasteiger partial charge in [-0.05, 0) is 61.9 Å². The Balaban J connectivity index is 1.13. The van der Waals surface area contributed by atoms with E-state index in [4.69, 9.17) is 23.4 Å². The third-order valence-corrected chi connectivity index (χ3v) is 13.0. The highest BCUT2D eigenvalue weighted by molar-refractivity contribution is 7.89. The van der Waals surface area contributed by atoms with Gasteiger partial charge in [-0.15, -0.1) is 0 Å². The highest BCUT2D eigenvalue weighted by atomic mass is 32.2. The second-order valence-corrected chi connectivity index (χ2v) is 16.7. The van der Waals surface area contributed by atoms with Gasteiger partial charge < -0.3 is 33.6 Å². The molecule has 7 rings (SSSR count). The smallest absolute Gasteiger partial charge is 0.306 e. The Hall–Kier alpha value is -3.17. The van der Waals surface area contributed by atoms with Crippen LogP contribution in [0.1, 0.15) is 75.0 Å². The van der Waals surface area contributed by atoms with Gasteiger partial charge >= 0.3 is 5.97 Å². The van der Waals surface area contributed by atoms with Gasteiger partial charge in [0.05, 0.1) is 43.4 Å². The molecule has 1 saturated carbocycles. The molecule has 2 bridgehead atoms. The highest BCUT2D eigenvalue weighted by Crippen LogP contribution is 2.49. The monoisotopic (exact) mass is 738 g/mol. The van der Waals surface area contributed by atoms with Crippen LogP contribution in [0.15, 0.2) is 64.0 Å². The molecule has 3 aromatic rings. The lowest BCUT2D eigenvalue weighted by molar-refractivity contribution is -0.178. The van der Waals surface area contributed by atoms with Crippen molar-refractivity contribution in [2.75, 3.05) is 32.9 Å². The van der Waals surface area contributed by atoms with Crippen molar-refractivity contribution >= 4 is 16.0 Å². The molecule has 3 aliphatic heterocycles. The third-order valence-electron chi connectivity index (χ3n) is 11.1. The molecule has 0 spiro atoms. The molecule has 1 aliphatic carbocycles. The number of aliphatic hydroxyl groups is 2. The van der Waals surface area contributed by atoms with Crippen LogP contribution in [0.2, 0.25) is 0 Å². The molecule has 2 unspecified atom stereocenters. The van der Waals surface area contributed by atoms with Gasteiger partial charge in [-0.2, -0.15) is 4.31 Å². The number of esters is 1. The molecule has 52 heavy (non-hydrogen) atoms. The minimum absolute atomic E-state index is 0.0604. The fourth-order valence-corrected chi connectivity index (χ4v) is 9.93. The molecule has 282 valence electrons. The van der Waals surface area contributed by atoms with E-state index < -0.39 is 34.1 Å². The van der Waals surface area contributed by atoms with Gasteiger partial charge in [0.25, 0.3) is 0 Å². The van der Waals surface area contributed by atoms with E-state index in [-0.39, 0.29) is 67.1 Å². The van der Waals surface area contributed by atoms with E-state index in [0.29, 0.717) is 49.5 Å². The lowest BCUT2D eigenvalue weighted by Crippen LogP contribution is -2.42. The first-order valence-corrected chi connectivity index (χ1v) is 20.1. The largest absolute Gasteiger partial charge is 0.462 e. The van der Waals surface area contributed by atoms with Gasteiger partial charge in [-0.25, -0.2) is 13.4 Å². The molecule has 2 saturated heterocycles. The Morgan fingerprint density at radius 1 is 1.02 bits per heavy atom. The van der Waals surface area contributed by atoms with E-state index in [1.54, 1.807) is 25.1 Å². The van der Waals surface area contributed by atoms with Crippen LogP contribution in [0, 0.1) is 23.7 Å². The number of hydrogen-bond acceptors (Lipinski definition) is 11. The Morgan fingerprint density at radius 2 is 1.81 bits per heavy atom. The number of benzene rings is 2. The van der Waals surface area contributed by atoms with E-state index >= 15 is 0 Å². The van der Waals surface area contributed by atoms with Crippen LogP contribution in [-0.2, 0) is 46.8 Å². The van der Waals surface area contributed by atoms with E-state index in [0.717, 1.165) is 37.7 Å². The maximum absolute atomic E-state index is 14.6. The minimum atomic E-state index is -4.13. The van der Waals surface area contributed by atoms with Crippen LogP contribution in [0.25, 0.3) is 11.3 Å². The van der Waals surface area contributed by atoms with Gasteiger partial charge in [0.1, 0.15) is 12.2 Å². The second-order valence-electron chi connectivity index (χ2n) is 14.8. The van der Waals surface area contributed by atoms with Crippen LogP contribution in [0.3, 0.4) is 0 Å². The fraction of sp³-hybridized carbons (Fsp3) is 0.590. The number of β-amino-alcohol motifs (C(OH)–C–C–N with tert-alkyl or cyclic N) is 1. The summed E-state index contributed by atoms with van der Waals surface area (Å²) in [6, 6.07) is 14.5. The lowest BCUT2D eigenvalue weighted by Gasteiger charge is -2.31. The molecule has 0 radical (unpaired) electrons. The molecule has 4 heterocycles. The number of oxazole rings is 1. The van der Waals surface area contributed by atoms with E-state index in [1.807, 2.05) is 30.3 Å². The number of hydrogen-bond donors (Lipinski definition) is 2. The quantitative estimate of drug-likeness (QED) is 0.269. The molecule has 2 N–H and O–H groups in total. The minimum Gasteiger partial charge on any atom is -0.462 e. The van der Waals surface area contributed by atoms with Gasteiger partial charge in [0.2, 0.25) is 15.9 Å². The number of aliphatic hydroxyl groups excluding tert-OH is 2. The van der Waals surface area contributed by atoms with Crippen LogP contribution in [0.5, 0.6) is 0 Å². The van der Waals surface area contributed by atoms with Gasteiger partial charge in [0.15, 0.2) is 12.1 Å². The summed E-state index contributed by atoms with van der Waals surface area (Å²) >= 11 is 0. The number of sulfonamides is 1. The topological polar surface area (TPSA) is 158 Å². The number of ether oxygens (including phenoxy) is 4. The molecule has 13 heteroatoms. The first-order valence-electron chi connectivity index (χ1n) is 18.7.